The summed E-state index contributed by atoms with van der Waals surface area (Å²) in [5, 5.41) is 3.03. The fourth-order valence-electron chi connectivity index (χ4n) is 1.37. The first-order valence-electron chi connectivity index (χ1n) is 5.03. The van der Waals surface area contributed by atoms with E-state index in [-0.39, 0.29) is 0 Å². The Labute approximate surface area is 85.3 Å². The lowest BCUT2D eigenvalue weighted by Gasteiger charge is -2.00. The molecular formula is C12H17NO. The van der Waals surface area contributed by atoms with Crippen molar-refractivity contribution in [2.24, 2.45) is 0 Å². The molecule has 1 aromatic carbocycles. The molecule has 0 spiro atoms. The van der Waals surface area contributed by atoms with Gasteiger partial charge in [-0.25, -0.2) is 0 Å². The summed E-state index contributed by atoms with van der Waals surface area (Å²) in [5.74, 6) is 0.325. The van der Waals surface area contributed by atoms with Crippen molar-refractivity contribution in [2.75, 3.05) is 13.6 Å². The predicted molar refractivity (Wildman–Crippen MR) is 58.3 cm³/mol. The third-order valence-electron chi connectivity index (χ3n) is 2.13. The third kappa shape index (κ3) is 4.19. The molecule has 0 radical (unpaired) electrons. The number of rotatable bonds is 6. The Morgan fingerprint density at radius 2 is 2.00 bits per heavy atom. The van der Waals surface area contributed by atoms with Gasteiger partial charge in [-0.3, -0.25) is 4.79 Å². The number of hydrogen-bond acceptors (Lipinski definition) is 2. The van der Waals surface area contributed by atoms with E-state index in [2.05, 4.69) is 5.32 Å². The van der Waals surface area contributed by atoms with Gasteiger partial charge >= 0.3 is 0 Å². The highest BCUT2D eigenvalue weighted by molar-refractivity contribution is 5.80. The molecule has 14 heavy (non-hydrogen) atoms. The summed E-state index contributed by atoms with van der Waals surface area (Å²) in [6.07, 6.45) is 2.18. The highest BCUT2D eigenvalue weighted by Gasteiger charge is 2.02. The molecule has 0 aromatic heterocycles. The van der Waals surface area contributed by atoms with Crippen LogP contribution in [0.15, 0.2) is 30.3 Å². The number of ketones is 1. The largest absolute Gasteiger partial charge is 0.320 e. The average molecular weight is 191 g/mol. The molecular weight excluding hydrogens is 174 g/mol. The third-order valence-corrected chi connectivity index (χ3v) is 2.13. The Balaban J connectivity index is 2.27. The molecule has 1 rings (SSSR count). The van der Waals surface area contributed by atoms with Crippen molar-refractivity contribution in [3.05, 3.63) is 35.9 Å². The lowest BCUT2D eigenvalue weighted by Crippen LogP contribution is -2.10. The minimum Gasteiger partial charge on any atom is -0.320 e. The highest BCUT2D eigenvalue weighted by atomic mass is 16.1. The van der Waals surface area contributed by atoms with Gasteiger partial charge in [0.05, 0.1) is 0 Å². The van der Waals surface area contributed by atoms with E-state index in [0.717, 1.165) is 18.5 Å². The van der Waals surface area contributed by atoms with E-state index in [0.29, 0.717) is 18.6 Å². The van der Waals surface area contributed by atoms with Crippen molar-refractivity contribution >= 4 is 5.78 Å². The lowest BCUT2D eigenvalue weighted by molar-refractivity contribution is -0.118. The van der Waals surface area contributed by atoms with Gasteiger partial charge in [-0.1, -0.05) is 30.3 Å². The van der Waals surface area contributed by atoms with Crippen LogP contribution in [0.3, 0.4) is 0 Å². The maximum atomic E-state index is 11.5. The molecule has 0 aliphatic rings. The van der Waals surface area contributed by atoms with Crippen LogP contribution in [0.5, 0.6) is 0 Å². The van der Waals surface area contributed by atoms with Gasteiger partial charge in [0.2, 0.25) is 0 Å². The number of carbonyl (C=O) groups excluding carboxylic acids is 1. The van der Waals surface area contributed by atoms with Crippen LogP contribution in [-0.2, 0) is 11.2 Å². The molecule has 0 heterocycles. The zero-order valence-corrected chi connectivity index (χ0v) is 8.62. The topological polar surface area (TPSA) is 29.1 Å². The van der Waals surface area contributed by atoms with E-state index < -0.39 is 0 Å². The number of benzene rings is 1. The predicted octanol–water partition coefficient (Wildman–Crippen LogP) is 1.80. The van der Waals surface area contributed by atoms with Crippen molar-refractivity contribution in [2.45, 2.75) is 19.3 Å². The number of hydrogen-bond donors (Lipinski definition) is 1. The molecule has 0 bridgehead atoms. The summed E-state index contributed by atoms with van der Waals surface area (Å²) in [6.45, 7) is 0.917. The van der Waals surface area contributed by atoms with Crippen molar-refractivity contribution in [1.29, 1.82) is 0 Å². The second-order valence-corrected chi connectivity index (χ2v) is 3.41. The van der Waals surface area contributed by atoms with Crippen LogP contribution in [0.25, 0.3) is 0 Å². The quantitative estimate of drug-likeness (QED) is 0.695. The summed E-state index contributed by atoms with van der Waals surface area (Å²) < 4.78 is 0. The Morgan fingerprint density at radius 1 is 1.29 bits per heavy atom. The van der Waals surface area contributed by atoms with Crippen molar-refractivity contribution < 1.29 is 4.79 Å². The smallest absolute Gasteiger partial charge is 0.137 e. The minimum absolute atomic E-state index is 0.325. The molecule has 0 fully saturated rings. The van der Waals surface area contributed by atoms with Crippen LogP contribution < -0.4 is 5.32 Å². The summed E-state index contributed by atoms with van der Waals surface area (Å²) in [4.78, 5) is 11.5. The van der Waals surface area contributed by atoms with Crippen molar-refractivity contribution in [3.8, 4) is 0 Å². The maximum Gasteiger partial charge on any atom is 0.137 e. The van der Waals surface area contributed by atoms with E-state index in [1.54, 1.807) is 0 Å². The standard InChI is InChI=1S/C12H17NO/c1-13-9-5-8-12(14)10-11-6-3-2-4-7-11/h2-4,6-7,13H,5,8-10H2,1H3. The minimum atomic E-state index is 0.325. The normalized spacial score (nSPS) is 10.1. The molecule has 0 amide bonds. The fraction of sp³-hybridized carbons (Fsp3) is 0.417. The van der Waals surface area contributed by atoms with Gasteiger partial charge in [0.1, 0.15) is 5.78 Å². The van der Waals surface area contributed by atoms with Crippen molar-refractivity contribution in [3.63, 3.8) is 0 Å². The van der Waals surface area contributed by atoms with E-state index in [4.69, 9.17) is 0 Å². The Hall–Kier alpha value is -1.15. The Morgan fingerprint density at radius 3 is 2.64 bits per heavy atom. The monoisotopic (exact) mass is 191 g/mol. The first-order valence-corrected chi connectivity index (χ1v) is 5.03. The van der Waals surface area contributed by atoms with E-state index >= 15 is 0 Å². The summed E-state index contributed by atoms with van der Waals surface area (Å²) in [5.41, 5.74) is 1.11. The van der Waals surface area contributed by atoms with Crippen LogP contribution in [0, 0.1) is 0 Å². The number of Topliss-reactive ketones (excluding diaryl/α,β-unsaturated/α-hetero) is 1. The molecule has 0 saturated carbocycles. The van der Waals surface area contributed by atoms with Gasteiger partial charge in [-0.15, -0.1) is 0 Å². The molecule has 0 aliphatic heterocycles. The van der Waals surface area contributed by atoms with Gasteiger partial charge in [-0.05, 0) is 25.6 Å². The second kappa shape index (κ2) is 6.33. The molecule has 76 valence electrons. The Kier molecular flexibility index (Phi) is 4.94. The zero-order valence-electron chi connectivity index (χ0n) is 8.62. The highest BCUT2D eigenvalue weighted by Crippen LogP contribution is 2.02. The van der Waals surface area contributed by atoms with Crippen LogP contribution >= 0.6 is 0 Å². The van der Waals surface area contributed by atoms with E-state index in [9.17, 15) is 4.79 Å². The zero-order chi connectivity index (χ0) is 10.2. The molecule has 1 N–H and O–H groups in total. The van der Waals surface area contributed by atoms with Crippen LogP contribution in [0.4, 0.5) is 0 Å². The van der Waals surface area contributed by atoms with Gasteiger partial charge < -0.3 is 5.32 Å². The molecule has 0 atom stereocenters. The molecule has 2 heteroatoms. The van der Waals surface area contributed by atoms with Gasteiger partial charge in [-0.2, -0.15) is 0 Å². The van der Waals surface area contributed by atoms with Gasteiger partial charge in [0.15, 0.2) is 0 Å². The number of carbonyl (C=O) groups is 1. The molecule has 2 nitrogen and oxygen atoms in total. The fourth-order valence-corrected chi connectivity index (χ4v) is 1.37. The second-order valence-electron chi connectivity index (χ2n) is 3.41. The number of nitrogens with one attached hydrogen (secondary N) is 1. The van der Waals surface area contributed by atoms with Gasteiger partial charge in [0.25, 0.3) is 0 Å². The van der Waals surface area contributed by atoms with E-state index in [1.165, 1.54) is 0 Å². The first kappa shape index (κ1) is 10.9. The summed E-state index contributed by atoms with van der Waals surface area (Å²) in [6, 6.07) is 9.90. The maximum absolute atomic E-state index is 11.5. The molecule has 1 aromatic rings. The summed E-state index contributed by atoms with van der Waals surface area (Å²) >= 11 is 0. The molecule has 0 aliphatic carbocycles. The summed E-state index contributed by atoms with van der Waals surface area (Å²) in [7, 11) is 1.90. The van der Waals surface area contributed by atoms with Crippen molar-refractivity contribution in [1.82, 2.24) is 5.32 Å². The molecule has 0 unspecified atom stereocenters. The SMILES string of the molecule is CNCCCC(=O)Cc1ccccc1. The van der Waals surface area contributed by atoms with Crippen LogP contribution in [0.2, 0.25) is 0 Å². The molecule has 0 saturated heterocycles. The van der Waals surface area contributed by atoms with Crippen LogP contribution in [-0.4, -0.2) is 19.4 Å². The average Bonchev–Trinajstić information content (AvgIpc) is 2.20. The van der Waals surface area contributed by atoms with Crippen LogP contribution in [0.1, 0.15) is 18.4 Å². The van der Waals surface area contributed by atoms with Gasteiger partial charge in [0, 0.05) is 12.8 Å². The first-order chi connectivity index (χ1) is 6.83. The Bertz CT molecular complexity index is 269. The van der Waals surface area contributed by atoms with E-state index in [1.807, 2.05) is 37.4 Å². The lowest BCUT2D eigenvalue weighted by atomic mass is 10.1.